The van der Waals surface area contributed by atoms with Crippen LogP contribution in [-0.4, -0.2) is 37.9 Å². The molecule has 0 aromatic carbocycles. The van der Waals surface area contributed by atoms with Gasteiger partial charge in [0.25, 0.3) is 0 Å². The lowest BCUT2D eigenvalue weighted by molar-refractivity contribution is -0.153. The zero-order chi connectivity index (χ0) is 12.6. The van der Waals surface area contributed by atoms with E-state index in [1.165, 1.54) is 0 Å². The molecule has 0 aliphatic rings. The zero-order valence-corrected chi connectivity index (χ0v) is 11.1. The number of carbonyl (C=O) groups is 1. The van der Waals surface area contributed by atoms with Gasteiger partial charge in [0.1, 0.15) is 5.54 Å². The van der Waals surface area contributed by atoms with Gasteiger partial charge in [0, 0.05) is 0 Å². The summed E-state index contributed by atoms with van der Waals surface area (Å²) in [6.45, 7) is 8.45. The molecule has 16 heavy (non-hydrogen) atoms. The van der Waals surface area contributed by atoms with Gasteiger partial charge in [-0.3, -0.25) is 0 Å². The molecule has 0 rings (SSSR count). The van der Waals surface area contributed by atoms with Gasteiger partial charge in [0.05, 0.1) is 19.3 Å². The Balaban J connectivity index is 4.20. The van der Waals surface area contributed by atoms with Crippen LogP contribution in [0.1, 0.15) is 40.5 Å². The molecule has 1 N–H and O–H groups in total. The largest absolute Gasteiger partial charge is 0.465 e. The molecular formula is C12H25NO3. The molecular weight excluding hydrogens is 206 g/mol. The van der Waals surface area contributed by atoms with E-state index in [1.807, 2.05) is 6.92 Å². The van der Waals surface area contributed by atoms with Crippen molar-refractivity contribution in [2.24, 2.45) is 0 Å². The summed E-state index contributed by atoms with van der Waals surface area (Å²) in [7, 11) is 1.74. The quantitative estimate of drug-likeness (QED) is 0.646. The summed E-state index contributed by atoms with van der Waals surface area (Å²) in [4.78, 5) is 11.7. The highest BCUT2D eigenvalue weighted by molar-refractivity contribution is 5.80. The summed E-state index contributed by atoms with van der Waals surface area (Å²) in [5, 5.41) is 2.96. The molecule has 0 radical (unpaired) electrons. The smallest absolute Gasteiger partial charge is 0.328 e. The molecule has 0 aromatic heterocycles. The lowest BCUT2D eigenvalue weighted by atomic mass is 10.0. The van der Waals surface area contributed by atoms with Crippen molar-refractivity contribution in [3.8, 4) is 0 Å². The van der Waals surface area contributed by atoms with Crippen LogP contribution in [0.5, 0.6) is 0 Å². The third-order valence-corrected chi connectivity index (χ3v) is 2.63. The molecule has 0 aliphatic carbocycles. The Morgan fingerprint density at radius 1 is 1.44 bits per heavy atom. The first-order chi connectivity index (χ1) is 7.50. The van der Waals surface area contributed by atoms with Crippen molar-refractivity contribution in [2.45, 2.75) is 52.2 Å². The topological polar surface area (TPSA) is 47.6 Å². The fourth-order valence-electron chi connectivity index (χ4n) is 1.32. The van der Waals surface area contributed by atoms with E-state index in [-0.39, 0.29) is 12.1 Å². The van der Waals surface area contributed by atoms with Crippen LogP contribution in [-0.2, 0) is 14.3 Å². The molecule has 2 unspecified atom stereocenters. The second-order valence-electron chi connectivity index (χ2n) is 4.21. The molecule has 0 aromatic rings. The van der Waals surface area contributed by atoms with Crippen molar-refractivity contribution in [1.29, 1.82) is 0 Å². The Bertz CT molecular complexity index is 208. The minimum absolute atomic E-state index is 0.173. The van der Waals surface area contributed by atoms with E-state index < -0.39 is 5.54 Å². The SMILES string of the molecule is CCCC(C)OCC(C)(NC)C(=O)OCC. The van der Waals surface area contributed by atoms with Crippen LogP contribution in [0.4, 0.5) is 0 Å². The van der Waals surface area contributed by atoms with Gasteiger partial charge in [-0.2, -0.15) is 0 Å². The number of esters is 1. The Kier molecular flexibility index (Phi) is 7.34. The first kappa shape index (κ1) is 15.4. The van der Waals surface area contributed by atoms with Crippen LogP contribution >= 0.6 is 0 Å². The first-order valence-corrected chi connectivity index (χ1v) is 5.97. The summed E-state index contributed by atoms with van der Waals surface area (Å²) in [5.41, 5.74) is -0.752. The van der Waals surface area contributed by atoms with Gasteiger partial charge in [0.15, 0.2) is 0 Å². The third kappa shape index (κ3) is 4.94. The minimum Gasteiger partial charge on any atom is -0.465 e. The lowest BCUT2D eigenvalue weighted by Crippen LogP contribution is -2.52. The van der Waals surface area contributed by atoms with E-state index in [9.17, 15) is 4.79 Å². The highest BCUT2D eigenvalue weighted by Gasteiger charge is 2.33. The normalized spacial score (nSPS) is 16.6. The number of nitrogens with one attached hydrogen (secondary N) is 1. The number of carbonyl (C=O) groups excluding carboxylic acids is 1. The molecule has 0 fully saturated rings. The van der Waals surface area contributed by atoms with Crippen molar-refractivity contribution in [1.82, 2.24) is 5.32 Å². The van der Waals surface area contributed by atoms with Crippen LogP contribution < -0.4 is 5.32 Å². The van der Waals surface area contributed by atoms with Gasteiger partial charge in [-0.25, -0.2) is 4.79 Å². The summed E-state index contributed by atoms with van der Waals surface area (Å²) in [6.07, 6.45) is 2.26. The van der Waals surface area contributed by atoms with E-state index in [0.29, 0.717) is 13.2 Å². The second-order valence-corrected chi connectivity index (χ2v) is 4.21. The summed E-state index contributed by atoms with van der Waals surface area (Å²) in [5.74, 6) is -0.263. The van der Waals surface area contributed by atoms with Crippen LogP contribution in [0.2, 0.25) is 0 Å². The molecule has 4 nitrogen and oxygen atoms in total. The number of likely N-dealkylation sites (N-methyl/N-ethyl adjacent to an activating group) is 1. The van der Waals surface area contributed by atoms with Crippen molar-refractivity contribution in [2.75, 3.05) is 20.3 Å². The average Bonchev–Trinajstić information content (AvgIpc) is 2.26. The number of hydrogen-bond acceptors (Lipinski definition) is 4. The predicted molar refractivity (Wildman–Crippen MR) is 64.4 cm³/mol. The molecule has 2 atom stereocenters. The second kappa shape index (κ2) is 7.63. The van der Waals surface area contributed by atoms with Crippen molar-refractivity contribution >= 4 is 5.97 Å². The Morgan fingerprint density at radius 3 is 2.50 bits per heavy atom. The molecule has 0 saturated carbocycles. The Labute approximate surface area is 98.7 Å². The van der Waals surface area contributed by atoms with E-state index in [1.54, 1.807) is 20.9 Å². The minimum atomic E-state index is -0.752. The van der Waals surface area contributed by atoms with Crippen molar-refractivity contribution < 1.29 is 14.3 Å². The third-order valence-electron chi connectivity index (χ3n) is 2.63. The highest BCUT2D eigenvalue weighted by atomic mass is 16.5. The highest BCUT2D eigenvalue weighted by Crippen LogP contribution is 2.10. The van der Waals surface area contributed by atoms with Crippen LogP contribution in [0.15, 0.2) is 0 Å². The van der Waals surface area contributed by atoms with Crippen LogP contribution in [0, 0.1) is 0 Å². The molecule has 0 aliphatic heterocycles. The van der Waals surface area contributed by atoms with Crippen molar-refractivity contribution in [3.05, 3.63) is 0 Å². The summed E-state index contributed by atoms with van der Waals surface area (Å²) >= 11 is 0. The molecule has 0 spiro atoms. The van der Waals surface area contributed by atoms with E-state index in [4.69, 9.17) is 9.47 Å². The fourth-order valence-corrected chi connectivity index (χ4v) is 1.32. The summed E-state index contributed by atoms with van der Waals surface area (Å²) in [6, 6.07) is 0. The number of ether oxygens (including phenoxy) is 2. The van der Waals surface area contributed by atoms with Gasteiger partial charge >= 0.3 is 5.97 Å². The lowest BCUT2D eigenvalue weighted by Gasteiger charge is -2.28. The fraction of sp³-hybridized carbons (Fsp3) is 0.917. The van der Waals surface area contributed by atoms with Gasteiger partial charge in [-0.05, 0) is 34.2 Å². The standard InChI is InChI=1S/C12H25NO3/c1-6-8-10(3)16-9-12(4,13-5)11(14)15-7-2/h10,13H,6-9H2,1-5H3. The molecule has 0 saturated heterocycles. The average molecular weight is 231 g/mol. The van der Waals surface area contributed by atoms with Crippen LogP contribution in [0.3, 0.4) is 0 Å². The maximum Gasteiger partial charge on any atom is 0.328 e. The Hall–Kier alpha value is -0.610. The van der Waals surface area contributed by atoms with Crippen molar-refractivity contribution in [3.63, 3.8) is 0 Å². The van der Waals surface area contributed by atoms with E-state index in [2.05, 4.69) is 12.2 Å². The molecule has 4 heteroatoms. The van der Waals surface area contributed by atoms with Gasteiger partial charge in [0.2, 0.25) is 0 Å². The monoisotopic (exact) mass is 231 g/mol. The number of rotatable bonds is 8. The summed E-state index contributed by atoms with van der Waals surface area (Å²) < 4.78 is 10.7. The molecule has 0 heterocycles. The number of hydrogen-bond donors (Lipinski definition) is 1. The van der Waals surface area contributed by atoms with E-state index in [0.717, 1.165) is 12.8 Å². The maximum atomic E-state index is 11.7. The Morgan fingerprint density at radius 2 is 2.06 bits per heavy atom. The van der Waals surface area contributed by atoms with Gasteiger partial charge in [-0.1, -0.05) is 13.3 Å². The predicted octanol–water partition coefficient (Wildman–Crippen LogP) is 1.73. The first-order valence-electron chi connectivity index (χ1n) is 5.97. The molecule has 96 valence electrons. The van der Waals surface area contributed by atoms with Crippen LogP contribution in [0.25, 0.3) is 0 Å². The zero-order valence-electron chi connectivity index (χ0n) is 11.1. The molecule has 0 bridgehead atoms. The van der Waals surface area contributed by atoms with Gasteiger partial charge < -0.3 is 14.8 Å². The van der Waals surface area contributed by atoms with Gasteiger partial charge in [-0.15, -0.1) is 0 Å². The molecule has 0 amide bonds. The maximum absolute atomic E-state index is 11.7. The van der Waals surface area contributed by atoms with E-state index >= 15 is 0 Å².